The molecule has 0 aromatic heterocycles. The molecule has 1 unspecified atom stereocenters. The summed E-state index contributed by atoms with van der Waals surface area (Å²) in [6.45, 7) is 1.14. The number of carbonyl (C=O) groups excluding carboxylic acids is 4. The molecule has 1 atom stereocenters. The van der Waals surface area contributed by atoms with E-state index < -0.39 is 29.5 Å². The average Bonchev–Trinajstić information content (AvgIpc) is 2.28. The SMILES string of the molecule is CC(=O)C1C(=O)NC(=O)N(c2ccccc2)C1=O. The number of benzene rings is 1. The smallest absolute Gasteiger partial charge is 0.299 e. The van der Waals surface area contributed by atoms with Gasteiger partial charge in [-0.2, -0.15) is 0 Å². The van der Waals surface area contributed by atoms with E-state index in [1.807, 2.05) is 5.32 Å². The van der Waals surface area contributed by atoms with Crippen LogP contribution in [0.15, 0.2) is 30.3 Å². The van der Waals surface area contributed by atoms with E-state index in [4.69, 9.17) is 0 Å². The van der Waals surface area contributed by atoms with Crippen molar-refractivity contribution in [1.29, 1.82) is 0 Å². The topological polar surface area (TPSA) is 83.6 Å². The van der Waals surface area contributed by atoms with E-state index in [0.717, 1.165) is 11.8 Å². The number of ketones is 1. The van der Waals surface area contributed by atoms with Crippen molar-refractivity contribution in [3.05, 3.63) is 30.3 Å². The molecule has 1 heterocycles. The predicted molar refractivity (Wildman–Crippen MR) is 61.6 cm³/mol. The first-order chi connectivity index (χ1) is 8.52. The number of urea groups is 1. The van der Waals surface area contributed by atoms with E-state index >= 15 is 0 Å². The van der Waals surface area contributed by atoms with Crippen molar-refractivity contribution < 1.29 is 19.2 Å². The van der Waals surface area contributed by atoms with Gasteiger partial charge in [-0.25, -0.2) is 9.69 Å². The minimum atomic E-state index is -1.46. The number of nitrogens with zero attached hydrogens (tertiary/aromatic N) is 1. The van der Waals surface area contributed by atoms with Crippen LogP contribution in [0.25, 0.3) is 0 Å². The molecule has 2 rings (SSSR count). The third-order valence-corrected chi connectivity index (χ3v) is 2.58. The van der Waals surface area contributed by atoms with Crippen LogP contribution in [0.2, 0.25) is 0 Å². The fraction of sp³-hybridized carbons (Fsp3) is 0.167. The van der Waals surface area contributed by atoms with Crippen molar-refractivity contribution in [3.63, 3.8) is 0 Å². The zero-order chi connectivity index (χ0) is 13.3. The van der Waals surface area contributed by atoms with Gasteiger partial charge in [-0.3, -0.25) is 19.7 Å². The highest BCUT2D eigenvalue weighted by molar-refractivity contribution is 6.34. The lowest BCUT2D eigenvalue weighted by atomic mass is 10.0. The second kappa shape index (κ2) is 4.40. The molecule has 0 aliphatic carbocycles. The Morgan fingerprint density at radius 1 is 1.17 bits per heavy atom. The maximum atomic E-state index is 12.0. The fourth-order valence-electron chi connectivity index (χ4n) is 1.75. The Morgan fingerprint density at radius 2 is 1.78 bits per heavy atom. The number of barbiturate groups is 1. The van der Waals surface area contributed by atoms with Gasteiger partial charge in [0.1, 0.15) is 0 Å². The molecule has 1 saturated heterocycles. The zero-order valence-electron chi connectivity index (χ0n) is 9.54. The van der Waals surface area contributed by atoms with Gasteiger partial charge in [-0.05, 0) is 19.1 Å². The number of anilines is 1. The summed E-state index contributed by atoms with van der Waals surface area (Å²) >= 11 is 0. The van der Waals surface area contributed by atoms with Crippen LogP contribution >= 0.6 is 0 Å². The zero-order valence-corrected chi connectivity index (χ0v) is 9.54. The van der Waals surface area contributed by atoms with Gasteiger partial charge in [0, 0.05) is 0 Å². The van der Waals surface area contributed by atoms with Crippen molar-refractivity contribution >= 4 is 29.3 Å². The van der Waals surface area contributed by atoms with Crippen LogP contribution in [-0.2, 0) is 14.4 Å². The van der Waals surface area contributed by atoms with Crippen LogP contribution in [0.3, 0.4) is 0 Å². The monoisotopic (exact) mass is 246 g/mol. The van der Waals surface area contributed by atoms with E-state index in [2.05, 4.69) is 0 Å². The van der Waals surface area contributed by atoms with E-state index in [1.165, 1.54) is 0 Å². The molecule has 1 aliphatic heterocycles. The molecular weight excluding hydrogens is 236 g/mol. The van der Waals surface area contributed by atoms with Crippen LogP contribution in [-0.4, -0.2) is 23.6 Å². The highest BCUT2D eigenvalue weighted by Crippen LogP contribution is 2.20. The molecule has 0 bridgehead atoms. The largest absolute Gasteiger partial charge is 0.335 e. The molecule has 1 aromatic carbocycles. The highest BCUT2D eigenvalue weighted by atomic mass is 16.2. The van der Waals surface area contributed by atoms with Gasteiger partial charge in [-0.1, -0.05) is 18.2 Å². The van der Waals surface area contributed by atoms with E-state index in [0.29, 0.717) is 5.69 Å². The molecule has 4 amide bonds. The number of hydrogen-bond acceptors (Lipinski definition) is 4. The number of carbonyl (C=O) groups is 4. The van der Waals surface area contributed by atoms with E-state index in [-0.39, 0.29) is 0 Å². The predicted octanol–water partition coefficient (Wildman–Crippen LogP) is 0.475. The Kier molecular flexibility index (Phi) is 2.93. The lowest BCUT2D eigenvalue weighted by molar-refractivity contribution is -0.140. The molecule has 1 fully saturated rings. The number of Topliss-reactive ketones (excluding diaryl/α,β-unsaturated/α-hetero) is 1. The average molecular weight is 246 g/mol. The summed E-state index contributed by atoms with van der Waals surface area (Å²) in [7, 11) is 0. The molecule has 92 valence electrons. The maximum Gasteiger partial charge on any atom is 0.335 e. The van der Waals surface area contributed by atoms with Gasteiger partial charge in [0.25, 0.3) is 5.91 Å². The summed E-state index contributed by atoms with van der Waals surface area (Å²) in [6, 6.07) is 7.27. The normalized spacial score (nSPS) is 19.7. The van der Waals surface area contributed by atoms with Crippen molar-refractivity contribution in [2.45, 2.75) is 6.92 Å². The third-order valence-electron chi connectivity index (χ3n) is 2.58. The number of amides is 4. The van der Waals surface area contributed by atoms with Crippen molar-refractivity contribution in [3.8, 4) is 0 Å². The van der Waals surface area contributed by atoms with E-state index in [1.54, 1.807) is 30.3 Å². The minimum absolute atomic E-state index is 0.318. The Hall–Kier alpha value is -2.50. The van der Waals surface area contributed by atoms with Gasteiger partial charge in [0.05, 0.1) is 5.69 Å². The Morgan fingerprint density at radius 3 is 2.33 bits per heavy atom. The summed E-state index contributed by atoms with van der Waals surface area (Å²) in [5.41, 5.74) is 0.318. The number of nitrogens with one attached hydrogen (secondary N) is 1. The van der Waals surface area contributed by atoms with Crippen LogP contribution in [0.1, 0.15) is 6.92 Å². The number of para-hydroxylation sites is 1. The Labute approximate surface area is 103 Å². The van der Waals surface area contributed by atoms with Gasteiger partial charge in [-0.15, -0.1) is 0 Å². The van der Waals surface area contributed by atoms with E-state index in [9.17, 15) is 19.2 Å². The van der Waals surface area contributed by atoms with Crippen LogP contribution in [0, 0.1) is 5.92 Å². The summed E-state index contributed by atoms with van der Waals surface area (Å²) in [5, 5.41) is 2.00. The molecule has 0 radical (unpaired) electrons. The summed E-state index contributed by atoms with van der Waals surface area (Å²) in [5.74, 6) is -3.74. The van der Waals surface area contributed by atoms with Crippen molar-refractivity contribution in [2.75, 3.05) is 4.90 Å². The second-order valence-corrected chi connectivity index (χ2v) is 3.85. The highest BCUT2D eigenvalue weighted by Gasteiger charge is 2.43. The minimum Gasteiger partial charge on any atom is -0.299 e. The second-order valence-electron chi connectivity index (χ2n) is 3.85. The maximum absolute atomic E-state index is 12.0. The number of hydrogen-bond donors (Lipinski definition) is 1. The van der Waals surface area contributed by atoms with Crippen LogP contribution < -0.4 is 10.2 Å². The van der Waals surface area contributed by atoms with Gasteiger partial charge < -0.3 is 0 Å². The summed E-state index contributed by atoms with van der Waals surface area (Å²) < 4.78 is 0. The summed E-state index contributed by atoms with van der Waals surface area (Å²) in [6.07, 6.45) is 0. The van der Waals surface area contributed by atoms with Crippen LogP contribution in [0.5, 0.6) is 0 Å². The Bertz CT molecular complexity index is 538. The molecule has 6 nitrogen and oxygen atoms in total. The molecule has 18 heavy (non-hydrogen) atoms. The molecule has 1 aliphatic rings. The van der Waals surface area contributed by atoms with Gasteiger partial charge >= 0.3 is 6.03 Å². The molecule has 0 saturated carbocycles. The first-order valence-electron chi connectivity index (χ1n) is 5.26. The quantitative estimate of drug-likeness (QED) is 0.769. The molecule has 1 aromatic rings. The number of rotatable bonds is 2. The molecule has 0 spiro atoms. The first-order valence-corrected chi connectivity index (χ1v) is 5.26. The standard InChI is InChI=1S/C12H10N2O4/c1-7(15)9-10(16)13-12(18)14(11(9)17)8-5-3-2-4-6-8/h2-6,9H,1H3,(H,13,16,18). The molecular formula is C12H10N2O4. The van der Waals surface area contributed by atoms with Gasteiger partial charge in [0.2, 0.25) is 5.91 Å². The summed E-state index contributed by atoms with van der Waals surface area (Å²) in [4.78, 5) is 47.2. The fourth-order valence-corrected chi connectivity index (χ4v) is 1.75. The lowest BCUT2D eigenvalue weighted by Crippen LogP contribution is -2.59. The first kappa shape index (κ1) is 12.0. The molecule has 6 heteroatoms. The molecule has 1 N–H and O–H groups in total. The lowest BCUT2D eigenvalue weighted by Gasteiger charge is -2.28. The Balaban J connectivity index is 2.42. The van der Waals surface area contributed by atoms with Crippen molar-refractivity contribution in [2.24, 2.45) is 5.92 Å². The van der Waals surface area contributed by atoms with Crippen molar-refractivity contribution in [1.82, 2.24) is 5.32 Å². The van der Waals surface area contributed by atoms with Gasteiger partial charge in [0.15, 0.2) is 11.7 Å². The van der Waals surface area contributed by atoms with Crippen LogP contribution in [0.4, 0.5) is 10.5 Å². The third kappa shape index (κ3) is 1.88. The number of imide groups is 2.